The third-order valence-corrected chi connectivity index (χ3v) is 4.65. The topological polar surface area (TPSA) is 0 Å². The Morgan fingerprint density at radius 2 is 1.64 bits per heavy atom. The van der Waals surface area contributed by atoms with Gasteiger partial charge in [-0.1, -0.05) is 45.1 Å². The Hall–Kier alpha value is -0.520. The van der Waals surface area contributed by atoms with Gasteiger partial charge >= 0.3 is 0 Å². The van der Waals surface area contributed by atoms with Crippen LogP contribution in [0.4, 0.5) is 0 Å². The minimum absolute atomic E-state index is 0.137. The van der Waals surface area contributed by atoms with E-state index < -0.39 is 0 Å². The van der Waals surface area contributed by atoms with Gasteiger partial charge in [-0.05, 0) is 43.4 Å². The molecule has 0 saturated heterocycles. The van der Waals surface area contributed by atoms with E-state index in [4.69, 9.17) is 13.2 Å². The van der Waals surface area contributed by atoms with E-state index in [0.29, 0.717) is 5.92 Å². The van der Waals surface area contributed by atoms with E-state index in [1.807, 2.05) is 13.8 Å². The molecular formula is C14H22. The lowest BCUT2D eigenvalue weighted by Crippen LogP contribution is -2.35. The molecule has 0 bridgehead atoms. The van der Waals surface area contributed by atoms with Crippen LogP contribution in [0.25, 0.3) is 0 Å². The molecule has 0 N–H and O–H groups in total. The highest BCUT2D eigenvalue weighted by molar-refractivity contribution is 5.20. The quantitative estimate of drug-likeness (QED) is 0.612. The standard InChI is InChI=1S/C14H22/c1-10(2)12-8-9-14(7,11(3)4)13(12,5)6/h1,3,12H,8-9H2,2,4-7H3. The zero-order valence-electron chi connectivity index (χ0n) is 10.1. The molecule has 0 aromatic rings. The van der Waals surface area contributed by atoms with Crippen molar-refractivity contribution in [2.24, 2.45) is 16.7 Å². The van der Waals surface area contributed by atoms with Crippen molar-refractivity contribution >= 4 is 0 Å². The van der Waals surface area contributed by atoms with Crippen LogP contribution in [-0.4, -0.2) is 0 Å². The molecule has 0 heterocycles. The maximum atomic E-state index is 6.04. The van der Waals surface area contributed by atoms with Crippen molar-refractivity contribution in [1.29, 1.82) is 0 Å². The second kappa shape index (κ2) is 3.25. The Balaban J connectivity index is 3.08. The summed E-state index contributed by atoms with van der Waals surface area (Å²) in [5.41, 5.74) is 2.43. The van der Waals surface area contributed by atoms with Gasteiger partial charge in [0.1, 0.15) is 0 Å². The van der Waals surface area contributed by atoms with Gasteiger partial charge in [0.15, 0.2) is 0 Å². The third kappa shape index (κ3) is 1.36. The molecule has 1 rings (SSSR count). The highest BCUT2D eigenvalue weighted by Gasteiger charge is 2.51. The van der Waals surface area contributed by atoms with Crippen LogP contribution in [0.5, 0.6) is 0 Å². The van der Waals surface area contributed by atoms with Crippen LogP contribution in [0.15, 0.2) is 11.1 Å². The molecule has 1 fully saturated rings. The molecule has 2 atom stereocenters. The van der Waals surface area contributed by atoms with E-state index in [9.17, 15) is 0 Å². The Bertz CT molecular complexity index is 270. The lowest BCUT2D eigenvalue weighted by molar-refractivity contribution is 0.141. The summed E-state index contributed by atoms with van der Waals surface area (Å²) in [6, 6.07) is 0. The van der Waals surface area contributed by atoms with E-state index in [-0.39, 0.29) is 10.8 Å². The van der Waals surface area contributed by atoms with Crippen LogP contribution in [0.2, 0.25) is 0 Å². The average Bonchev–Trinajstić information content (AvgIpc) is 2.24. The molecule has 14 heavy (non-hydrogen) atoms. The number of allylic oxidation sites excluding steroid dienone is 2. The Morgan fingerprint density at radius 1 is 1.14 bits per heavy atom. The van der Waals surface area contributed by atoms with Crippen molar-refractivity contribution in [1.82, 2.24) is 0 Å². The van der Waals surface area contributed by atoms with Crippen LogP contribution < -0.4 is 0 Å². The monoisotopic (exact) mass is 190 g/mol. The van der Waals surface area contributed by atoms with Gasteiger partial charge in [0.05, 0.1) is 0 Å². The van der Waals surface area contributed by atoms with E-state index in [0.717, 1.165) is 17.6 Å². The predicted octanol–water partition coefficient (Wildman–Crippen LogP) is 4.19. The van der Waals surface area contributed by atoms with E-state index >= 15 is 0 Å². The van der Waals surface area contributed by atoms with Gasteiger partial charge in [0, 0.05) is 0 Å². The second-order valence-electron chi connectivity index (χ2n) is 5.57. The number of hydrogen-bond donors (Lipinski definition) is 0. The summed E-state index contributed by atoms with van der Waals surface area (Å²) in [5.74, 6) is 0.506. The maximum absolute atomic E-state index is 6.04. The van der Waals surface area contributed by atoms with Crippen molar-refractivity contribution in [3.05, 3.63) is 24.3 Å². The molecule has 2 unspecified atom stereocenters. The first-order valence-corrected chi connectivity index (χ1v) is 5.42. The summed E-state index contributed by atoms with van der Waals surface area (Å²) >= 11 is 0. The zero-order chi connectivity index (χ0) is 11.1. The van der Waals surface area contributed by atoms with Gasteiger partial charge in [-0.2, -0.15) is 0 Å². The first-order valence-electron chi connectivity index (χ1n) is 5.42. The molecule has 0 heteroatoms. The van der Waals surface area contributed by atoms with Gasteiger partial charge in [-0.25, -0.2) is 0 Å². The minimum atomic E-state index is 0.137. The van der Waals surface area contributed by atoms with Crippen LogP contribution in [0.3, 0.4) is 0 Å². The summed E-state index contributed by atoms with van der Waals surface area (Å²) in [4.78, 5) is 0. The average molecular weight is 190 g/mol. The van der Waals surface area contributed by atoms with Crippen molar-refractivity contribution < 1.29 is 0 Å². The van der Waals surface area contributed by atoms with E-state index in [2.05, 4.69) is 20.8 Å². The summed E-state index contributed by atoms with van der Waals surface area (Å²) in [5, 5.41) is 0. The Labute approximate surface area is 89.1 Å². The Morgan fingerprint density at radius 3 is 1.86 bits per heavy atom. The van der Waals surface area contributed by atoms with Crippen molar-refractivity contribution in [2.75, 3.05) is 0 Å². The van der Waals surface area contributed by atoms with Gasteiger partial charge in [0.2, 0.25) is 0 Å². The fourth-order valence-electron chi connectivity index (χ4n) is 3.00. The number of hydrogen-bond acceptors (Lipinski definition) is 0. The minimum Gasteiger partial charge on any atom is -0.0697 e. The molecule has 0 amide bonds. The van der Waals surface area contributed by atoms with Crippen molar-refractivity contribution in [2.45, 2.75) is 47.5 Å². The lowest BCUT2D eigenvalue weighted by Gasteiger charge is -2.42. The molecule has 0 nitrogen and oxygen atoms in total. The molecule has 0 spiro atoms. The fraction of sp³-hybridized carbons (Fsp3) is 0.714. The summed E-state index contributed by atoms with van der Waals surface area (Å²) in [7, 11) is 0. The molecule has 2 radical (unpaired) electrons. The summed E-state index contributed by atoms with van der Waals surface area (Å²) < 4.78 is 0. The summed E-state index contributed by atoms with van der Waals surface area (Å²) in [6.45, 7) is 22.9. The van der Waals surface area contributed by atoms with Crippen LogP contribution in [0, 0.1) is 29.9 Å². The molecule has 0 aromatic heterocycles. The lowest BCUT2D eigenvalue weighted by atomic mass is 9.62. The van der Waals surface area contributed by atoms with Gasteiger partial charge in [0.25, 0.3) is 0 Å². The zero-order valence-corrected chi connectivity index (χ0v) is 10.1. The SMILES string of the molecule is [CH]=C(C)C1CCC(C)(C(=[CH])C)C1(C)C. The highest BCUT2D eigenvalue weighted by atomic mass is 14.6. The molecular weight excluding hydrogens is 168 g/mol. The fourth-order valence-corrected chi connectivity index (χ4v) is 3.00. The molecule has 78 valence electrons. The maximum Gasteiger partial charge on any atom is -0.00590 e. The first-order chi connectivity index (χ1) is 6.23. The van der Waals surface area contributed by atoms with Crippen molar-refractivity contribution in [3.63, 3.8) is 0 Å². The third-order valence-electron chi connectivity index (χ3n) is 4.65. The smallest absolute Gasteiger partial charge is 0.00590 e. The Kier molecular flexibility index (Phi) is 2.69. The van der Waals surface area contributed by atoms with Crippen LogP contribution >= 0.6 is 0 Å². The van der Waals surface area contributed by atoms with E-state index in [1.165, 1.54) is 6.42 Å². The van der Waals surface area contributed by atoms with Gasteiger partial charge < -0.3 is 0 Å². The van der Waals surface area contributed by atoms with Crippen LogP contribution in [-0.2, 0) is 0 Å². The molecule has 1 aliphatic rings. The normalized spacial score (nSPS) is 35.6. The highest BCUT2D eigenvalue weighted by Crippen LogP contribution is 2.60. The summed E-state index contributed by atoms with van der Waals surface area (Å²) in [6.07, 6.45) is 2.32. The first kappa shape index (κ1) is 11.6. The second-order valence-corrected chi connectivity index (χ2v) is 5.57. The van der Waals surface area contributed by atoms with E-state index in [1.54, 1.807) is 0 Å². The number of rotatable bonds is 2. The molecule has 0 aromatic carbocycles. The van der Waals surface area contributed by atoms with Gasteiger partial charge in [-0.3, -0.25) is 0 Å². The largest absolute Gasteiger partial charge is 0.0697 e. The van der Waals surface area contributed by atoms with Crippen LogP contribution in [0.1, 0.15) is 47.5 Å². The molecule has 1 saturated carbocycles. The van der Waals surface area contributed by atoms with Crippen molar-refractivity contribution in [3.8, 4) is 0 Å². The predicted molar refractivity (Wildman–Crippen MR) is 61.6 cm³/mol. The van der Waals surface area contributed by atoms with Gasteiger partial charge in [-0.15, -0.1) is 0 Å². The molecule has 1 aliphatic carbocycles. The molecule has 0 aliphatic heterocycles.